The van der Waals surface area contributed by atoms with E-state index >= 15 is 0 Å². The molecule has 1 heterocycles. The first-order valence-corrected chi connectivity index (χ1v) is 10.6. The number of anilines is 1. The summed E-state index contributed by atoms with van der Waals surface area (Å²) < 4.78 is 27.5. The van der Waals surface area contributed by atoms with Gasteiger partial charge in [0, 0.05) is 38.3 Å². The number of rotatable bonds is 8. The molecule has 2 aromatic carbocycles. The molecule has 0 bridgehead atoms. The Hall–Kier alpha value is -1.93. The van der Waals surface area contributed by atoms with E-state index in [9.17, 15) is 13.2 Å². The van der Waals surface area contributed by atoms with Gasteiger partial charge >= 0.3 is 0 Å². The Bertz CT molecular complexity index is 873. The molecular formula is C20H26ClN3O3S. The summed E-state index contributed by atoms with van der Waals surface area (Å²) in [5.41, 5.74) is 7.47. The standard InChI is InChI=1S/C20H25N3O3S.ClH/c21-13-16-22(15-12-17-5-2-1-3-6-17)27(25,26)19-10-8-18(9-11-19)23-14-4-7-20(23)24;/h1-3,5-6,8-11H,4,7,12-16,21H2;1H. The molecule has 0 atom stereocenters. The third kappa shape index (κ3) is 5.11. The fraction of sp³-hybridized carbons (Fsp3) is 0.350. The van der Waals surface area contributed by atoms with Crippen LogP contribution in [0.2, 0.25) is 0 Å². The molecule has 1 aliphatic heterocycles. The van der Waals surface area contributed by atoms with Gasteiger partial charge in [-0.15, -0.1) is 12.4 Å². The van der Waals surface area contributed by atoms with Crippen LogP contribution >= 0.6 is 12.4 Å². The van der Waals surface area contributed by atoms with Crippen molar-refractivity contribution < 1.29 is 13.2 Å². The van der Waals surface area contributed by atoms with Crippen LogP contribution in [0.1, 0.15) is 18.4 Å². The van der Waals surface area contributed by atoms with E-state index in [1.807, 2.05) is 30.3 Å². The first-order chi connectivity index (χ1) is 13.0. The van der Waals surface area contributed by atoms with Crippen molar-refractivity contribution in [2.45, 2.75) is 24.2 Å². The molecule has 0 radical (unpaired) electrons. The van der Waals surface area contributed by atoms with Gasteiger partial charge < -0.3 is 10.6 Å². The zero-order chi connectivity index (χ0) is 19.3. The fourth-order valence-electron chi connectivity index (χ4n) is 3.26. The van der Waals surface area contributed by atoms with Gasteiger partial charge in [-0.3, -0.25) is 4.79 Å². The maximum atomic E-state index is 13.0. The maximum absolute atomic E-state index is 13.0. The van der Waals surface area contributed by atoms with E-state index in [-0.39, 0.29) is 36.3 Å². The van der Waals surface area contributed by atoms with E-state index in [1.54, 1.807) is 29.2 Å². The minimum absolute atomic E-state index is 0. The van der Waals surface area contributed by atoms with Gasteiger partial charge in [-0.2, -0.15) is 4.31 Å². The van der Waals surface area contributed by atoms with Gasteiger partial charge in [0.2, 0.25) is 15.9 Å². The predicted octanol–water partition coefficient (Wildman–Crippen LogP) is 2.43. The number of carbonyl (C=O) groups is 1. The number of hydrogen-bond acceptors (Lipinski definition) is 4. The Morgan fingerprint density at radius 1 is 1.00 bits per heavy atom. The van der Waals surface area contributed by atoms with Gasteiger partial charge in [0.05, 0.1) is 4.90 Å². The fourth-order valence-corrected chi connectivity index (χ4v) is 4.72. The Morgan fingerprint density at radius 3 is 2.25 bits per heavy atom. The smallest absolute Gasteiger partial charge is 0.243 e. The molecular weight excluding hydrogens is 398 g/mol. The van der Waals surface area contributed by atoms with Crippen molar-refractivity contribution in [2.75, 3.05) is 31.1 Å². The summed E-state index contributed by atoms with van der Waals surface area (Å²) in [7, 11) is -3.64. The molecule has 152 valence electrons. The lowest BCUT2D eigenvalue weighted by atomic mass is 10.1. The lowest BCUT2D eigenvalue weighted by Crippen LogP contribution is -2.37. The number of benzene rings is 2. The van der Waals surface area contributed by atoms with Crippen LogP contribution in [0.25, 0.3) is 0 Å². The van der Waals surface area contributed by atoms with E-state index in [1.165, 1.54) is 4.31 Å². The number of hydrogen-bond donors (Lipinski definition) is 1. The highest BCUT2D eigenvalue weighted by atomic mass is 35.5. The molecule has 1 aliphatic rings. The highest BCUT2D eigenvalue weighted by Gasteiger charge is 2.25. The molecule has 0 saturated carbocycles. The van der Waals surface area contributed by atoms with Crippen LogP contribution in [0.4, 0.5) is 5.69 Å². The summed E-state index contributed by atoms with van der Waals surface area (Å²) in [6.45, 7) is 1.58. The van der Waals surface area contributed by atoms with E-state index in [2.05, 4.69) is 0 Å². The van der Waals surface area contributed by atoms with Gasteiger partial charge in [-0.1, -0.05) is 30.3 Å². The molecule has 0 aliphatic carbocycles. The summed E-state index contributed by atoms with van der Waals surface area (Å²) in [6, 6.07) is 16.3. The van der Waals surface area contributed by atoms with Crippen LogP contribution in [0, 0.1) is 0 Å². The van der Waals surface area contributed by atoms with Gasteiger partial charge in [-0.25, -0.2) is 8.42 Å². The SMILES string of the molecule is Cl.NCCN(CCc1ccccc1)S(=O)(=O)c1ccc(N2CCCC2=O)cc1. The molecule has 1 fully saturated rings. The number of carbonyl (C=O) groups excluding carboxylic acids is 1. The van der Waals surface area contributed by atoms with Crippen molar-refractivity contribution in [2.24, 2.45) is 5.73 Å². The van der Waals surface area contributed by atoms with Crippen LogP contribution in [0.5, 0.6) is 0 Å². The molecule has 2 aromatic rings. The van der Waals surface area contributed by atoms with Crippen molar-refractivity contribution in [3.05, 3.63) is 60.2 Å². The molecule has 0 spiro atoms. The van der Waals surface area contributed by atoms with E-state index in [0.717, 1.165) is 17.7 Å². The number of sulfonamides is 1. The van der Waals surface area contributed by atoms with Gasteiger partial charge in [0.25, 0.3) is 0 Å². The summed E-state index contributed by atoms with van der Waals surface area (Å²) >= 11 is 0. The summed E-state index contributed by atoms with van der Waals surface area (Å²) in [5.74, 6) is 0.0817. The Labute approximate surface area is 172 Å². The average Bonchev–Trinajstić information content (AvgIpc) is 3.12. The molecule has 0 unspecified atom stereocenters. The topological polar surface area (TPSA) is 83.7 Å². The van der Waals surface area contributed by atoms with Crippen molar-refractivity contribution in [1.29, 1.82) is 0 Å². The van der Waals surface area contributed by atoms with Gasteiger partial charge in [0.1, 0.15) is 0 Å². The molecule has 1 saturated heterocycles. The van der Waals surface area contributed by atoms with Gasteiger partial charge in [0.15, 0.2) is 0 Å². The van der Waals surface area contributed by atoms with Crippen molar-refractivity contribution in [1.82, 2.24) is 4.31 Å². The molecule has 6 nitrogen and oxygen atoms in total. The number of nitrogens with zero attached hydrogens (tertiary/aromatic N) is 2. The van der Waals surface area contributed by atoms with Crippen LogP contribution in [0.15, 0.2) is 59.5 Å². The molecule has 8 heteroatoms. The number of halogens is 1. The molecule has 0 aromatic heterocycles. The molecule has 3 rings (SSSR count). The summed E-state index contributed by atoms with van der Waals surface area (Å²) in [4.78, 5) is 13.8. The number of amides is 1. The third-order valence-electron chi connectivity index (χ3n) is 4.73. The average molecular weight is 424 g/mol. The third-order valence-corrected chi connectivity index (χ3v) is 6.64. The van der Waals surface area contributed by atoms with Crippen LogP contribution < -0.4 is 10.6 Å². The highest BCUT2D eigenvalue weighted by molar-refractivity contribution is 7.89. The van der Waals surface area contributed by atoms with Crippen LogP contribution in [-0.2, 0) is 21.2 Å². The quantitative estimate of drug-likeness (QED) is 0.706. The van der Waals surface area contributed by atoms with E-state index in [4.69, 9.17) is 5.73 Å². The second kappa shape index (κ2) is 10.0. The Morgan fingerprint density at radius 2 is 1.68 bits per heavy atom. The highest BCUT2D eigenvalue weighted by Crippen LogP contribution is 2.24. The first-order valence-electron chi connectivity index (χ1n) is 9.17. The maximum Gasteiger partial charge on any atom is 0.243 e. The largest absolute Gasteiger partial charge is 0.329 e. The summed E-state index contributed by atoms with van der Waals surface area (Å²) in [5, 5.41) is 0. The number of nitrogens with two attached hydrogens (primary N) is 1. The van der Waals surface area contributed by atoms with Gasteiger partial charge in [-0.05, 0) is 42.7 Å². The molecule has 28 heavy (non-hydrogen) atoms. The minimum Gasteiger partial charge on any atom is -0.329 e. The van der Waals surface area contributed by atoms with E-state index in [0.29, 0.717) is 25.9 Å². The van der Waals surface area contributed by atoms with Crippen LogP contribution in [0.3, 0.4) is 0 Å². The Balaban J connectivity index is 0.00000280. The van der Waals surface area contributed by atoms with Crippen molar-refractivity contribution in [3.63, 3.8) is 0 Å². The zero-order valence-electron chi connectivity index (χ0n) is 15.7. The molecule has 2 N–H and O–H groups in total. The van der Waals surface area contributed by atoms with E-state index < -0.39 is 10.0 Å². The normalized spacial score (nSPS) is 14.4. The predicted molar refractivity (Wildman–Crippen MR) is 113 cm³/mol. The van der Waals surface area contributed by atoms with Crippen molar-refractivity contribution >= 4 is 34.0 Å². The zero-order valence-corrected chi connectivity index (χ0v) is 17.3. The Kier molecular flexibility index (Phi) is 8.00. The molecule has 1 amide bonds. The lowest BCUT2D eigenvalue weighted by Gasteiger charge is -2.22. The van der Waals surface area contributed by atoms with Crippen LogP contribution in [-0.4, -0.2) is 44.8 Å². The van der Waals surface area contributed by atoms with Crippen molar-refractivity contribution in [3.8, 4) is 0 Å². The second-order valence-electron chi connectivity index (χ2n) is 6.57. The monoisotopic (exact) mass is 423 g/mol. The lowest BCUT2D eigenvalue weighted by molar-refractivity contribution is -0.117. The minimum atomic E-state index is -3.64. The second-order valence-corrected chi connectivity index (χ2v) is 8.51. The first kappa shape index (κ1) is 22.4. The summed E-state index contributed by atoms with van der Waals surface area (Å²) in [6.07, 6.45) is 2.01.